The Morgan fingerprint density at radius 1 is 1.06 bits per heavy atom. The Labute approximate surface area is 202 Å². The molecule has 8 nitrogen and oxygen atoms in total. The van der Waals surface area contributed by atoms with Gasteiger partial charge >= 0.3 is 5.51 Å². The second-order valence-corrected chi connectivity index (χ2v) is 9.41. The number of nitrogens with one attached hydrogen (secondary N) is 2. The molecule has 2 aromatic carbocycles. The summed E-state index contributed by atoms with van der Waals surface area (Å²) in [5.41, 5.74) is -2.36. The van der Waals surface area contributed by atoms with Gasteiger partial charge in [0.15, 0.2) is 0 Å². The molecule has 1 fully saturated rings. The van der Waals surface area contributed by atoms with E-state index in [9.17, 15) is 37.8 Å². The highest BCUT2D eigenvalue weighted by Crippen LogP contribution is 2.42. The summed E-state index contributed by atoms with van der Waals surface area (Å²) in [6, 6.07) is 9.58. The molecule has 0 aromatic heterocycles. The molecule has 4 N–H and O–H groups in total. The lowest BCUT2D eigenvalue weighted by Gasteiger charge is -2.34. The van der Waals surface area contributed by atoms with E-state index in [0.717, 1.165) is 0 Å². The molecule has 0 saturated carbocycles. The summed E-state index contributed by atoms with van der Waals surface area (Å²) < 4.78 is 37.3. The molecule has 2 heterocycles. The number of hydrogen-bond acceptors (Lipinski definition) is 7. The van der Waals surface area contributed by atoms with Crippen molar-refractivity contribution in [3.05, 3.63) is 64.7 Å². The molecule has 3 unspecified atom stereocenters. The van der Waals surface area contributed by atoms with Crippen LogP contribution in [0.1, 0.15) is 47.6 Å². The zero-order chi connectivity index (χ0) is 25.3. The van der Waals surface area contributed by atoms with E-state index in [4.69, 9.17) is 0 Å². The number of halogens is 3. The number of nitrogens with zero attached hydrogens (tertiary/aromatic N) is 1. The number of benzene rings is 2. The fourth-order valence-electron chi connectivity index (χ4n) is 4.21. The van der Waals surface area contributed by atoms with E-state index in [1.165, 1.54) is 29.2 Å². The number of amides is 3. The summed E-state index contributed by atoms with van der Waals surface area (Å²) in [5.74, 6) is -1.32. The van der Waals surface area contributed by atoms with Gasteiger partial charge in [0, 0.05) is 29.0 Å². The summed E-state index contributed by atoms with van der Waals surface area (Å²) in [4.78, 5) is 37.2. The van der Waals surface area contributed by atoms with E-state index in [0.29, 0.717) is 22.3 Å². The number of carbonyl (C=O) groups excluding carboxylic acids is 3. The van der Waals surface area contributed by atoms with Gasteiger partial charge in [-0.05, 0) is 47.5 Å². The number of aliphatic hydroxyl groups is 2. The van der Waals surface area contributed by atoms with Crippen molar-refractivity contribution in [3.8, 4) is 0 Å². The van der Waals surface area contributed by atoms with Crippen molar-refractivity contribution in [2.75, 3.05) is 0 Å². The van der Waals surface area contributed by atoms with Crippen LogP contribution in [0.25, 0.3) is 0 Å². The Hall–Kier alpha value is -2.93. The Morgan fingerprint density at radius 2 is 1.71 bits per heavy atom. The Bertz CT molecular complexity index is 1140. The maximum Gasteiger partial charge on any atom is 0.446 e. The minimum absolute atomic E-state index is 0.0213. The second-order valence-electron chi connectivity index (χ2n) is 8.27. The zero-order valence-electron chi connectivity index (χ0n) is 18.2. The summed E-state index contributed by atoms with van der Waals surface area (Å²) in [7, 11) is 0. The average molecular weight is 510 g/mol. The summed E-state index contributed by atoms with van der Waals surface area (Å²) in [6.07, 6.45) is -2.25. The Morgan fingerprint density at radius 3 is 2.37 bits per heavy atom. The van der Waals surface area contributed by atoms with Crippen molar-refractivity contribution in [3.63, 3.8) is 0 Å². The van der Waals surface area contributed by atoms with Crippen LogP contribution in [0.5, 0.6) is 0 Å². The van der Waals surface area contributed by atoms with Gasteiger partial charge in [-0.1, -0.05) is 24.3 Å². The quantitative estimate of drug-likeness (QED) is 0.349. The maximum atomic E-state index is 12.4. The van der Waals surface area contributed by atoms with Crippen LogP contribution in [0, 0.1) is 0 Å². The highest BCUT2D eigenvalue weighted by Gasteiger charge is 2.44. The monoisotopic (exact) mass is 509 g/mol. The van der Waals surface area contributed by atoms with Crippen LogP contribution < -0.4 is 10.6 Å². The zero-order valence-corrected chi connectivity index (χ0v) is 19.0. The van der Waals surface area contributed by atoms with Crippen LogP contribution in [0.2, 0.25) is 0 Å². The summed E-state index contributed by atoms with van der Waals surface area (Å²) >= 11 is -0.224. The SMILES string of the molecule is O=C(Cc1ccc(SC(F)(F)F)cc1)NCc1ccc2c(c1)C(O)N(C1CCC(=O)NC1=O)C2O. The molecular formula is C23H22F3N3O5S. The summed E-state index contributed by atoms with van der Waals surface area (Å²) in [5, 5.41) is 26.4. The number of hydrogen-bond donors (Lipinski definition) is 4. The number of thioether (sulfide) groups is 1. The molecule has 186 valence electrons. The molecule has 0 bridgehead atoms. The lowest BCUT2D eigenvalue weighted by Crippen LogP contribution is -2.52. The highest BCUT2D eigenvalue weighted by atomic mass is 32.2. The van der Waals surface area contributed by atoms with Crippen LogP contribution in [-0.2, 0) is 27.3 Å². The van der Waals surface area contributed by atoms with Crippen LogP contribution in [0.3, 0.4) is 0 Å². The molecule has 2 aliphatic heterocycles. The third-order valence-corrected chi connectivity index (χ3v) is 6.59. The molecule has 1 saturated heterocycles. The molecule has 12 heteroatoms. The lowest BCUT2D eigenvalue weighted by molar-refractivity contribution is -0.154. The van der Waals surface area contributed by atoms with Gasteiger partial charge in [-0.3, -0.25) is 19.7 Å². The van der Waals surface area contributed by atoms with Crippen molar-refractivity contribution >= 4 is 29.5 Å². The van der Waals surface area contributed by atoms with Crippen molar-refractivity contribution in [2.24, 2.45) is 0 Å². The molecule has 4 rings (SSSR count). The standard InChI is InChI=1S/C23H22F3N3O5S/c24-23(25,26)35-14-4-1-12(2-5-14)10-19(31)27-11-13-3-6-15-16(9-13)22(34)29(21(15)33)17-7-8-18(30)28-20(17)32/h1-6,9,17,21-22,33-34H,7-8,10-11H2,(H,27,31)(H,28,30,32). The lowest BCUT2D eigenvalue weighted by atomic mass is 10.0. The number of imide groups is 1. The molecule has 0 radical (unpaired) electrons. The van der Waals surface area contributed by atoms with E-state index in [1.807, 2.05) is 0 Å². The van der Waals surface area contributed by atoms with Gasteiger partial charge in [0.2, 0.25) is 17.7 Å². The fourth-order valence-corrected chi connectivity index (χ4v) is 4.75. The number of aliphatic hydroxyl groups excluding tert-OH is 2. The largest absolute Gasteiger partial charge is 0.446 e. The van der Waals surface area contributed by atoms with Gasteiger partial charge in [0.1, 0.15) is 12.5 Å². The van der Waals surface area contributed by atoms with E-state index in [1.54, 1.807) is 18.2 Å². The highest BCUT2D eigenvalue weighted by molar-refractivity contribution is 8.00. The first-order valence-electron chi connectivity index (χ1n) is 10.7. The molecular weight excluding hydrogens is 487 g/mol. The molecule has 0 spiro atoms. The van der Waals surface area contributed by atoms with Gasteiger partial charge in [0.05, 0.1) is 12.5 Å². The molecule has 3 amide bonds. The molecule has 0 aliphatic carbocycles. The van der Waals surface area contributed by atoms with Crippen molar-refractivity contribution < 1.29 is 37.8 Å². The molecule has 2 aliphatic rings. The third kappa shape index (κ3) is 5.84. The number of fused-ring (bicyclic) bond motifs is 1. The normalized spacial score (nSPS) is 22.6. The number of alkyl halides is 3. The predicted octanol–water partition coefficient (Wildman–Crippen LogP) is 2.26. The van der Waals surface area contributed by atoms with Gasteiger partial charge in [-0.25, -0.2) is 4.90 Å². The van der Waals surface area contributed by atoms with Crippen molar-refractivity contribution in [2.45, 2.75) is 54.7 Å². The Balaban J connectivity index is 1.36. The number of carbonyl (C=O) groups is 3. The van der Waals surface area contributed by atoms with Crippen LogP contribution in [-0.4, -0.2) is 44.4 Å². The van der Waals surface area contributed by atoms with E-state index in [-0.39, 0.29) is 48.4 Å². The summed E-state index contributed by atoms with van der Waals surface area (Å²) in [6.45, 7) is 0.120. The van der Waals surface area contributed by atoms with Crippen LogP contribution >= 0.6 is 11.8 Å². The van der Waals surface area contributed by atoms with Gasteiger partial charge < -0.3 is 15.5 Å². The molecule has 35 heavy (non-hydrogen) atoms. The first-order chi connectivity index (χ1) is 16.5. The smallest absolute Gasteiger partial charge is 0.374 e. The third-order valence-electron chi connectivity index (χ3n) is 5.85. The van der Waals surface area contributed by atoms with E-state index >= 15 is 0 Å². The number of rotatable bonds is 6. The Kier molecular flexibility index (Phi) is 7.17. The molecule has 2 aromatic rings. The van der Waals surface area contributed by atoms with Gasteiger partial charge in [0.25, 0.3) is 0 Å². The van der Waals surface area contributed by atoms with E-state index < -0.39 is 35.8 Å². The topological polar surface area (TPSA) is 119 Å². The first kappa shape index (κ1) is 25.2. The minimum Gasteiger partial charge on any atom is -0.374 e. The van der Waals surface area contributed by atoms with Crippen molar-refractivity contribution in [1.29, 1.82) is 0 Å². The van der Waals surface area contributed by atoms with E-state index in [2.05, 4.69) is 10.6 Å². The first-order valence-corrected chi connectivity index (χ1v) is 11.5. The van der Waals surface area contributed by atoms with Gasteiger partial charge in [-0.15, -0.1) is 0 Å². The maximum absolute atomic E-state index is 12.4. The van der Waals surface area contributed by atoms with Crippen LogP contribution in [0.4, 0.5) is 13.2 Å². The second kappa shape index (κ2) is 9.97. The van der Waals surface area contributed by atoms with Crippen molar-refractivity contribution in [1.82, 2.24) is 15.5 Å². The fraction of sp³-hybridized carbons (Fsp3) is 0.348. The van der Waals surface area contributed by atoms with Gasteiger partial charge in [-0.2, -0.15) is 13.2 Å². The number of piperidine rings is 1. The van der Waals surface area contributed by atoms with Crippen LogP contribution in [0.15, 0.2) is 47.4 Å². The minimum atomic E-state index is -4.38. The predicted molar refractivity (Wildman–Crippen MR) is 118 cm³/mol. The molecule has 3 atom stereocenters. The average Bonchev–Trinajstić information content (AvgIpc) is 3.03.